The molecule has 0 fully saturated rings. The molecule has 2 heteroatoms. The average molecular weight is 213 g/mol. The van der Waals surface area contributed by atoms with Crippen LogP contribution in [-0.4, -0.2) is 4.98 Å². The van der Waals surface area contributed by atoms with Crippen molar-refractivity contribution in [1.82, 2.24) is 4.98 Å². The van der Waals surface area contributed by atoms with Gasteiger partial charge in [-0.15, -0.1) is 0 Å². The van der Waals surface area contributed by atoms with Gasteiger partial charge in [-0.25, -0.2) is 4.39 Å². The van der Waals surface area contributed by atoms with E-state index in [1.807, 2.05) is 31.2 Å². The van der Waals surface area contributed by atoms with Gasteiger partial charge in [0.1, 0.15) is 5.82 Å². The van der Waals surface area contributed by atoms with Gasteiger partial charge in [0.25, 0.3) is 0 Å². The molecular weight excluding hydrogens is 201 g/mol. The summed E-state index contributed by atoms with van der Waals surface area (Å²) in [4.78, 5) is 3.96. The van der Waals surface area contributed by atoms with Crippen molar-refractivity contribution in [3.8, 4) is 0 Å². The van der Waals surface area contributed by atoms with Gasteiger partial charge in [-0.2, -0.15) is 0 Å². The smallest absolute Gasteiger partial charge is 0.123 e. The maximum atomic E-state index is 13.0. The topological polar surface area (TPSA) is 12.9 Å². The Bertz CT molecular complexity index is 503. The van der Waals surface area contributed by atoms with Crippen molar-refractivity contribution in [2.75, 3.05) is 0 Å². The highest BCUT2D eigenvalue weighted by Crippen LogP contribution is 2.17. The van der Waals surface area contributed by atoms with E-state index in [0.717, 1.165) is 16.7 Å². The molecule has 0 aliphatic carbocycles. The molecule has 0 bridgehead atoms. The number of halogens is 1. The number of benzene rings is 1. The van der Waals surface area contributed by atoms with Crippen LogP contribution in [0.3, 0.4) is 0 Å². The van der Waals surface area contributed by atoms with E-state index in [9.17, 15) is 4.39 Å². The Morgan fingerprint density at radius 1 is 1.19 bits per heavy atom. The molecular formula is C14H12FN. The first-order chi connectivity index (χ1) is 7.75. The lowest BCUT2D eigenvalue weighted by Crippen LogP contribution is -1.81. The lowest BCUT2D eigenvalue weighted by molar-refractivity contribution is 0.627. The molecule has 1 aromatic heterocycles. The third-order valence-electron chi connectivity index (χ3n) is 2.37. The molecule has 1 nitrogen and oxygen atoms in total. The van der Waals surface area contributed by atoms with E-state index in [2.05, 4.69) is 4.98 Å². The Hall–Kier alpha value is -1.96. The maximum Gasteiger partial charge on any atom is 0.123 e. The predicted octanol–water partition coefficient (Wildman–Crippen LogP) is 3.78. The fourth-order valence-electron chi connectivity index (χ4n) is 1.54. The van der Waals surface area contributed by atoms with Crippen LogP contribution in [0, 0.1) is 5.82 Å². The van der Waals surface area contributed by atoms with E-state index in [1.165, 1.54) is 12.1 Å². The maximum absolute atomic E-state index is 13.0. The lowest BCUT2D eigenvalue weighted by Gasteiger charge is -2.01. The van der Waals surface area contributed by atoms with Crippen molar-refractivity contribution < 1.29 is 4.39 Å². The van der Waals surface area contributed by atoms with Gasteiger partial charge < -0.3 is 0 Å². The number of allylic oxidation sites excluding steroid dienone is 1. The van der Waals surface area contributed by atoms with Crippen LogP contribution in [0.5, 0.6) is 0 Å². The molecule has 0 saturated carbocycles. The van der Waals surface area contributed by atoms with Crippen LogP contribution in [0.1, 0.15) is 18.1 Å². The van der Waals surface area contributed by atoms with E-state index in [1.54, 1.807) is 18.5 Å². The Labute approximate surface area is 94.3 Å². The zero-order chi connectivity index (χ0) is 11.4. The second kappa shape index (κ2) is 4.71. The SMILES string of the molecule is C/C(=C/c1cccc(F)c1)c1ccncc1. The average Bonchev–Trinajstić information content (AvgIpc) is 2.30. The van der Waals surface area contributed by atoms with Gasteiger partial charge in [-0.1, -0.05) is 18.2 Å². The summed E-state index contributed by atoms with van der Waals surface area (Å²) >= 11 is 0. The number of rotatable bonds is 2. The first-order valence-corrected chi connectivity index (χ1v) is 5.10. The summed E-state index contributed by atoms with van der Waals surface area (Å²) in [6, 6.07) is 10.4. The highest BCUT2D eigenvalue weighted by Gasteiger charge is 1.96. The zero-order valence-electron chi connectivity index (χ0n) is 9.02. The normalized spacial score (nSPS) is 11.5. The van der Waals surface area contributed by atoms with Gasteiger partial charge in [-0.3, -0.25) is 4.98 Å². The second-order valence-electron chi connectivity index (χ2n) is 3.62. The van der Waals surface area contributed by atoms with E-state index < -0.39 is 0 Å². The molecule has 0 unspecified atom stereocenters. The first-order valence-electron chi connectivity index (χ1n) is 5.10. The Morgan fingerprint density at radius 3 is 2.62 bits per heavy atom. The summed E-state index contributed by atoms with van der Waals surface area (Å²) in [5.41, 5.74) is 3.06. The molecule has 0 aliphatic heterocycles. The summed E-state index contributed by atoms with van der Waals surface area (Å²) in [6.07, 6.45) is 5.45. The van der Waals surface area contributed by atoms with Gasteiger partial charge in [0.2, 0.25) is 0 Å². The van der Waals surface area contributed by atoms with Crippen molar-refractivity contribution in [3.05, 3.63) is 65.7 Å². The molecule has 0 N–H and O–H groups in total. The molecule has 0 aliphatic rings. The first kappa shape index (κ1) is 10.6. The largest absolute Gasteiger partial charge is 0.265 e. The predicted molar refractivity (Wildman–Crippen MR) is 64.2 cm³/mol. The summed E-state index contributed by atoms with van der Waals surface area (Å²) in [7, 11) is 0. The van der Waals surface area contributed by atoms with Crippen LogP contribution >= 0.6 is 0 Å². The van der Waals surface area contributed by atoms with Crippen molar-refractivity contribution >= 4 is 11.6 Å². The van der Waals surface area contributed by atoms with Crippen molar-refractivity contribution in [3.63, 3.8) is 0 Å². The summed E-state index contributed by atoms with van der Waals surface area (Å²) < 4.78 is 13.0. The van der Waals surface area contributed by atoms with Crippen molar-refractivity contribution in [2.45, 2.75) is 6.92 Å². The number of nitrogens with zero attached hydrogens (tertiary/aromatic N) is 1. The monoisotopic (exact) mass is 213 g/mol. The van der Waals surface area contributed by atoms with Crippen LogP contribution < -0.4 is 0 Å². The number of aromatic nitrogens is 1. The third-order valence-corrected chi connectivity index (χ3v) is 2.37. The molecule has 1 aromatic carbocycles. The minimum Gasteiger partial charge on any atom is -0.265 e. The van der Waals surface area contributed by atoms with Crippen molar-refractivity contribution in [2.24, 2.45) is 0 Å². The standard InChI is InChI=1S/C14H12FN/c1-11(13-5-7-16-8-6-13)9-12-3-2-4-14(15)10-12/h2-10H,1H3/b11-9-. The number of hydrogen-bond acceptors (Lipinski definition) is 1. The van der Waals surface area contributed by atoms with Crippen LogP contribution in [-0.2, 0) is 0 Å². The summed E-state index contributed by atoms with van der Waals surface area (Å²) in [6.45, 7) is 2.00. The van der Waals surface area contributed by atoms with Gasteiger partial charge >= 0.3 is 0 Å². The molecule has 16 heavy (non-hydrogen) atoms. The quantitative estimate of drug-likeness (QED) is 0.739. The van der Waals surface area contributed by atoms with Gasteiger partial charge in [-0.05, 0) is 47.9 Å². The van der Waals surface area contributed by atoms with E-state index in [4.69, 9.17) is 0 Å². The number of hydrogen-bond donors (Lipinski definition) is 0. The molecule has 0 spiro atoms. The molecule has 0 radical (unpaired) electrons. The molecule has 0 saturated heterocycles. The van der Waals surface area contributed by atoms with Gasteiger partial charge in [0.15, 0.2) is 0 Å². The van der Waals surface area contributed by atoms with Gasteiger partial charge in [0.05, 0.1) is 0 Å². The van der Waals surface area contributed by atoms with E-state index in [-0.39, 0.29) is 5.82 Å². The Kier molecular flexibility index (Phi) is 3.10. The molecule has 0 atom stereocenters. The fourth-order valence-corrected chi connectivity index (χ4v) is 1.54. The van der Waals surface area contributed by atoms with E-state index in [0.29, 0.717) is 0 Å². The minimum absolute atomic E-state index is 0.212. The lowest BCUT2D eigenvalue weighted by atomic mass is 10.1. The second-order valence-corrected chi connectivity index (χ2v) is 3.62. The van der Waals surface area contributed by atoms with Crippen LogP contribution in [0.15, 0.2) is 48.8 Å². The van der Waals surface area contributed by atoms with Crippen molar-refractivity contribution in [1.29, 1.82) is 0 Å². The Balaban J connectivity index is 2.32. The summed E-state index contributed by atoms with van der Waals surface area (Å²) in [5.74, 6) is -0.212. The van der Waals surface area contributed by atoms with E-state index >= 15 is 0 Å². The highest BCUT2D eigenvalue weighted by atomic mass is 19.1. The minimum atomic E-state index is -0.212. The van der Waals surface area contributed by atoms with Crippen LogP contribution in [0.4, 0.5) is 4.39 Å². The molecule has 80 valence electrons. The van der Waals surface area contributed by atoms with Crippen LogP contribution in [0.2, 0.25) is 0 Å². The fraction of sp³-hybridized carbons (Fsp3) is 0.0714. The Morgan fingerprint density at radius 2 is 1.94 bits per heavy atom. The molecule has 2 rings (SSSR count). The van der Waals surface area contributed by atoms with Gasteiger partial charge in [0, 0.05) is 12.4 Å². The molecule has 0 amide bonds. The summed E-state index contributed by atoms with van der Waals surface area (Å²) in [5, 5.41) is 0. The molecule has 1 heterocycles. The highest BCUT2D eigenvalue weighted by molar-refractivity contribution is 5.79. The molecule has 2 aromatic rings. The van der Waals surface area contributed by atoms with Crippen LogP contribution in [0.25, 0.3) is 11.6 Å². The zero-order valence-corrected chi connectivity index (χ0v) is 9.02. The third kappa shape index (κ3) is 2.54. The number of pyridine rings is 1.